The van der Waals surface area contributed by atoms with Crippen LogP contribution >= 0.6 is 0 Å². The van der Waals surface area contributed by atoms with Gasteiger partial charge >= 0.3 is 0 Å². The Morgan fingerprint density at radius 2 is 2.04 bits per heavy atom. The zero-order valence-electron chi connectivity index (χ0n) is 17.0. The molecule has 148 valence electrons. The minimum absolute atomic E-state index is 0.208. The van der Waals surface area contributed by atoms with Gasteiger partial charge in [-0.05, 0) is 51.0 Å². The van der Waals surface area contributed by atoms with Crippen LogP contribution in [-0.4, -0.2) is 32.8 Å². The summed E-state index contributed by atoms with van der Waals surface area (Å²) in [6.07, 6.45) is 1.74. The van der Waals surface area contributed by atoms with Gasteiger partial charge in [-0.3, -0.25) is 9.48 Å². The number of rotatable bonds is 7. The van der Waals surface area contributed by atoms with Gasteiger partial charge in [0.2, 0.25) is 0 Å². The summed E-state index contributed by atoms with van der Waals surface area (Å²) in [5.74, 6) is 1.17. The minimum Gasteiger partial charge on any atom is -0.488 e. The lowest BCUT2D eigenvalue weighted by Crippen LogP contribution is -2.28. The maximum atomic E-state index is 13.0. The lowest BCUT2D eigenvalue weighted by molar-refractivity contribution is 0.0768. The van der Waals surface area contributed by atoms with E-state index < -0.39 is 0 Å². The molecule has 1 amide bonds. The zero-order valence-corrected chi connectivity index (χ0v) is 17.0. The smallest absolute Gasteiger partial charge is 0.276 e. The molecule has 0 saturated carbocycles. The van der Waals surface area contributed by atoms with Gasteiger partial charge in [0.15, 0.2) is 5.69 Å². The van der Waals surface area contributed by atoms with Crippen molar-refractivity contribution in [1.29, 1.82) is 0 Å². The normalized spacial score (nSPS) is 10.9. The van der Waals surface area contributed by atoms with Gasteiger partial charge in [-0.1, -0.05) is 17.3 Å². The Kier molecular flexibility index (Phi) is 5.82. The minimum atomic E-state index is -0.208. The van der Waals surface area contributed by atoms with Gasteiger partial charge in [-0.25, -0.2) is 0 Å². The Bertz CT molecular complexity index is 974. The third-order valence-electron chi connectivity index (χ3n) is 4.96. The van der Waals surface area contributed by atoms with Gasteiger partial charge in [-0.15, -0.1) is 0 Å². The molecule has 1 aromatic carbocycles. The van der Waals surface area contributed by atoms with E-state index >= 15 is 0 Å². The molecule has 0 aliphatic heterocycles. The van der Waals surface area contributed by atoms with Crippen LogP contribution in [0.4, 0.5) is 0 Å². The fourth-order valence-electron chi connectivity index (χ4n) is 3.03. The SMILES string of the molecule is CCn1nccc1CN(C)C(=O)c1noc(C)c1COc1cccc(C)c1C. The van der Waals surface area contributed by atoms with Crippen LogP contribution in [0.1, 0.15) is 45.6 Å². The van der Waals surface area contributed by atoms with Crippen LogP contribution in [0.15, 0.2) is 35.0 Å². The third-order valence-corrected chi connectivity index (χ3v) is 4.96. The second-order valence-corrected chi connectivity index (χ2v) is 6.85. The molecule has 0 bridgehead atoms. The molecule has 3 aromatic rings. The number of hydrogen-bond acceptors (Lipinski definition) is 5. The summed E-state index contributed by atoms with van der Waals surface area (Å²) in [5, 5.41) is 8.24. The number of aryl methyl sites for hydroxylation is 3. The van der Waals surface area contributed by atoms with E-state index in [2.05, 4.69) is 10.3 Å². The zero-order chi connectivity index (χ0) is 20.3. The molecule has 0 unspecified atom stereocenters. The number of ether oxygens (including phenoxy) is 1. The second-order valence-electron chi connectivity index (χ2n) is 6.85. The topological polar surface area (TPSA) is 73.4 Å². The maximum absolute atomic E-state index is 13.0. The molecular weight excluding hydrogens is 356 g/mol. The number of amides is 1. The van der Waals surface area contributed by atoms with Gasteiger partial charge in [0, 0.05) is 19.8 Å². The van der Waals surface area contributed by atoms with Crippen molar-refractivity contribution >= 4 is 5.91 Å². The summed E-state index contributed by atoms with van der Waals surface area (Å²) >= 11 is 0. The molecule has 0 radical (unpaired) electrons. The molecule has 7 nitrogen and oxygen atoms in total. The average Bonchev–Trinajstić information content (AvgIpc) is 3.28. The Balaban J connectivity index is 1.76. The number of benzene rings is 1. The lowest BCUT2D eigenvalue weighted by Gasteiger charge is -2.17. The fourth-order valence-corrected chi connectivity index (χ4v) is 3.03. The molecule has 7 heteroatoms. The summed E-state index contributed by atoms with van der Waals surface area (Å²) in [6, 6.07) is 7.82. The number of aromatic nitrogens is 3. The monoisotopic (exact) mass is 382 g/mol. The molecule has 0 N–H and O–H groups in total. The molecule has 3 rings (SSSR count). The number of hydrogen-bond donors (Lipinski definition) is 0. The molecule has 28 heavy (non-hydrogen) atoms. The van der Waals surface area contributed by atoms with Crippen LogP contribution in [0, 0.1) is 20.8 Å². The first-order chi connectivity index (χ1) is 13.4. The molecular formula is C21H26N4O3. The lowest BCUT2D eigenvalue weighted by atomic mass is 10.1. The first-order valence-corrected chi connectivity index (χ1v) is 9.32. The first-order valence-electron chi connectivity index (χ1n) is 9.32. The van der Waals surface area contributed by atoms with Crippen molar-refractivity contribution in [3.05, 3.63) is 64.3 Å². The molecule has 0 fully saturated rings. The van der Waals surface area contributed by atoms with E-state index in [1.54, 1.807) is 25.1 Å². The van der Waals surface area contributed by atoms with E-state index in [1.807, 2.05) is 49.7 Å². The summed E-state index contributed by atoms with van der Waals surface area (Å²) in [6.45, 7) is 9.28. The fraction of sp³-hybridized carbons (Fsp3) is 0.381. The predicted molar refractivity (Wildman–Crippen MR) is 105 cm³/mol. The van der Waals surface area contributed by atoms with Crippen molar-refractivity contribution in [2.45, 2.75) is 47.4 Å². The summed E-state index contributed by atoms with van der Waals surface area (Å²) in [7, 11) is 1.74. The Labute approximate surface area is 164 Å². The predicted octanol–water partition coefficient (Wildman–Crippen LogP) is 3.67. The van der Waals surface area contributed by atoms with E-state index in [1.165, 1.54) is 0 Å². The number of carbonyl (C=O) groups excluding carboxylic acids is 1. The highest BCUT2D eigenvalue weighted by molar-refractivity contribution is 5.93. The molecule has 0 aliphatic carbocycles. The second kappa shape index (κ2) is 8.29. The van der Waals surface area contributed by atoms with Gasteiger partial charge < -0.3 is 14.2 Å². The molecule has 0 aliphatic rings. The van der Waals surface area contributed by atoms with Crippen LogP contribution in [0.3, 0.4) is 0 Å². The number of nitrogens with zero attached hydrogens (tertiary/aromatic N) is 4. The van der Waals surface area contributed by atoms with Crippen LogP contribution in [0.2, 0.25) is 0 Å². The van der Waals surface area contributed by atoms with Gasteiger partial charge in [0.05, 0.1) is 17.8 Å². The van der Waals surface area contributed by atoms with Crippen molar-refractivity contribution < 1.29 is 14.1 Å². The quantitative estimate of drug-likeness (QED) is 0.623. The standard InChI is InChI=1S/C21H26N4O3/c1-6-25-17(10-11-22-25)12-24(5)21(26)20-18(16(4)28-23-20)13-27-19-9-7-8-14(2)15(19)3/h7-11H,6,12-13H2,1-5H3. The molecule has 0 atom stereocenters. The van der Waals surface area contributed by atoms with Gasteiger partial charge in [-0.2, -0.15) is 5.10 Å². The highest BCUT2D eigenvalue weighted by atomic mass is 16.5. The van der Waals surface area contributed by atoms with E-state index in [4.69, 9.17) is 9.26 Å². The Morgan fingerprint density at radius 3 is 2.79 bits per heavy atom. The van der Waals surface area contributed by atoms with Gasteiger partial charge in [0.1, 0.15) is 18.1 Å². The molecule has 2 heterocycles. The van der Waals surface area contributed by atoms with Crippen molar-refractivity contribution in [3.8, 4) is 5.75 Å². The molecule has 0 saturated heterocycles. The van der Waals surface area contributed by atoms with Crippen molar-refractivity contribution in [2.24, 2.45) is 0 Å². The highest BCUT2D eigenvalue weighted by Crippen LogP contribution is 2.24. The van der Waals surface area contributed by atoms with Crippen molar-refractivity contribution in [2.75, 3.05) is 7.05 Å². The van der Waals surface area contributed by atoms with E-state index in [9.17, 15) is 4.79 Å². The number of carbonyl (C=O) groups is 1. The first kappa shape index (κ1) is 19.7. The Morgan fingerprint density at radius 1 is 1.25 bits per heavy atom. The third kappa shape index (κ3) is 3.93. The maximum Gasteiger partial charge on any atom is 0.276 e. The molecule has 0 spiro atoms. The van der Waals surface area contributed by atoms with E-state index in [-0.39, 0.29) is 18.2 Å². The summed E-state index contributed by atoms with van der Waals surface area (Å²) < 4.78 is 13.1. The van der Waals surface area contributed by atoms with Crippen molar-refractivity contribution in [1.82, 2.24) is 19.8 Å². The molecule has 2 aromatic heterocycles. The van der Waals surface area contributed by atoms with Crippen LogP contribution in [0.25, 0.3) is 0 Å². The average molecular weight is 382 g/mol. The summed E-state index contributed by atoms with van der Waals surface area (Å²) in [4.78, 5) is 14.6. The highest BCUT2D eigenvalue weighted by Gasteiger charge is 2.24. The van der Waals surface area contributed by atoms with Crippen LogP contribution in [-0.2, 0) is 19.7 Å². The largest absolute Gasteiger partial charge is 0.488 e. The van der Waals surface area contributed by atoms with E-state index in [0.29, 0.717) is 17.9 Å². The van der Waals surface area contributed by atoms with Gasteiger partial charge in [0.25, 0.3) is 5.91 Å². The summed E-state index contributed by atoms with van der Waals surface area (Å²) in [5.41, 5.74) is 4.15. The van der Waals surface area contributed by atoms with Crippen molar-refractivity contribution in [3.63, 3.8) is 0 Å². The van der Waals surface area contributed by atoms with Crippen LogP contribution in [0.5, 0.6) is 5.75 Å². The van der Waals surface area contributed by atoms with E-state index in [0.717, 1.165) is 29.1 Å². The van der Waals surface area contributed by atoms with Crippen LogP contribution < -0.4 is 4.74 Å². The Hall–Kier alpha value is -3.09.